The number of ether oxygens (including phenoxy) is 1. The molecule has 0 spiro atoms. The molecule has 112 valence electrons. The van der Waals surface area contributed by atoms with Crippen molar-refractivity contribution in [2.45, 2.75) is 11.4 Å². The van der Waals surface area contributed by atoms with E-state index in [1.165, 1.54) is 0 Å². The van der Waals surface area contributed by atoms with Crippen molar-refractivity contribution in [1.82, 2.24) is 0 Å². The Balaban J connectivity index is 1.95. The standard InChI is InChI=1S/C15H16BrNO3S/c16-13-3-5-14(6-4-13)20-9-10-21(18,19)15-7-1-12(11-17)2-8-15/h1-8H,9-11,17H2. The van der Waals surface area contributed by atoms with Gasteiger partial charge in [0.25, 0.3) is 0 Å². The molecule has 0 radical (unpaired) electrons. The summed E-state index contributed by atoms with van der Waals surface area (Å²) in [5.74, 6) is 0.581. The van der Waals surface area contributed by atoms with E-state index in [4.69, 9.17) is 10.5 Å². The van der Waals surface area contributed by atoms with Gasteiger partial charge in [0.05, 0.1) is 10.6 Å². The minimum Gasteiger partial charge on any atom is -0.493 e. The van der Waals surface area contributed by atoms with E-state index in [1.807, 2.05) is 12.1 Å². The topological polar surface area (TPSA) is 69.4 Å². The first-order chi connectivity index (χ1) is 10.0. The van der Waals surface area contributed by atoms with E-state index in [1.54, 1.807) is 36.4 Å². The molecule has 0 unspecified atom stereocenters. The molecule has 4 nitrogen and oxygen atoms in total. The number of rotatable bonds is 6. The third-order valence-electron chi connectivity index (χ3n) is 2.95. The van der Waals surface area contributed by atoms with E-state index < -0.39 is 9.84 Å². The molecule has 0 saturated carbocycles. The Hall–Kier alpha value is -1.37. The Labute approximate surface area is 133 Å². The summed E-state index contributed by atoms with van der Waals surface area (Å²) in [6.07, 6.45) is 0. The lowest BCUT2D eigenvalue weighted by Crippen LogP contribution is -2.14. The fraction of sp³-hybridized carbons (Fsp3) is 0.200. The minimum absolute atomic E-state index is 0.0644. The Morgan fingerprint density at radius 1 is 1.00 bits per heavy atom. The van der Waals surface area contributed by atoms with Gasteiger partial charge in [-0.05, 0) is 42.0 Å². The maximum absolute atomic E-state index is 12.2. The van der Waals surface area contributed by atoms with E-state index in [0.717, 1.165) is 10.0 Å². The van der Waals surface area contributed by atoms with Gasteiger partial charge in [0.15, 0.2) is 9.84 Å². The fourth-order valence-electron chi connectivity index (χ4n) is 1.75. The predicted molar refractivity (Wildman–Crippen MR) is 86.0 cm³/mol. The Bertz CT molecular complexity index is 682. The average molecular weight is 370 g/mol. The number of hydrogen-bond acceptors (Lipinski definition) is 4. The van der Waals surface area contributed by atoms with Crippen molar-refractivity contribution in [3.05, 3.63) is 58.6 Å². The summed E-state index contributed by atoms with van der Waals surface area (Å²) in [6.45, 7) is 0.510. The zero-order valence-corrected chi connectivity index (χ0v) is 13.7. The first-order valence-corrected chi connectivity index (χ1v) is 8.86. The SMILES string of the molecule is NCc1ccc(S(=O)(=O)CCOc2ccc(Br)cc2)cc1. The highest BCUT2D eigenvalue weighted by Crippen LogP contribution is 2.17. The second-order valence-electron chi connectivity index (χ2n) is 4.47. The highest BCUT2D eigenvalue weighted by molar-refractivity contribution is 9.10. The second-order valence-corrected chi connectivity index (χ2v) is 7.49. The Kier molecular flexibility index (Phi) is 5.39. The normalized spacial score (nSPS) is 11.3. The molecule has 0 bridgehead atoms. The maximum Gasteiger partial charge on any atom is 0.181 e. The van der Waals surface area contributed by atoms with Crippen molar-refractivity contribution in [2.75, 3.05) is 12.4 Å². The van der Waals surface area contributed by atoms with Crippen LogP contribution in [-0.4, -0.2) is 20.8 Å². The first kappa shape index (κ1) is 16.0. The van der Waals surface area contributed by atoms with Crippen LogP contribution in [0.5, 0.6) is 5.75 Å². The van der Waals surface area contributed by atoms with Crippen molar-refractivity contribution in [3.63, 3.8) is 0 Å². The molecule has 2 aromatic carbocycles. The zero-order chi connectivity index (χ0) is 15.3. The number of halogens is 1. The quantitative estimate of drug-likeness (QED) is 0.849. The van der Waals surface area contributed by atoms with Gasteiger partial charge in [0.2, 0.25) is 0 Å². The predicted octanol–water partition coefficient (Wildman–Crippen LogP) is 2.76. The molecule has 0 aromatic heterocycles. The van der Waals surface area contributed by atoms with Crippen LogP contribution in [0.2, 0.25) is 0 Å². The van der Waals surface area contributed by atoms with Crippen LogP contribution in [0.1, 0.15) is 5.56 Å². The van der Waals surface area contributed by atoms with E-state index in [0.29, 0.717) is 17.2 Å². The van der Waals surface area contributed by atoms with E-state index in [-0.39, 0.29) is 12.4 Å². The summed E-state index contributed by atoms with van der Waals surface area (Å²) in [4.78, 5) is 0.291. The van der Waals surface area contributed by atoms with Crippen molar-refractivity contribution in [3.8, 4) is 5.75 Å². The monoisotopic (exact) mass is 369 g/mol. The van der Waals surface area contributed by atoms with Crippen molar-refractivity contribution < 1.29 is 13.2 Å². The van der Waals surface area contributed by atoms with Crippen LogP contribution in [-0.2, 0) is 16.4 Å². The van der Waals surface area contributed by atoms with Gasteiger partial charge in [0, 0.05) is 11.0 Å². The van der Waals surface area contributed by atoms with Gasteiger partial charge < -0.3 is 10.5 Å². The molecule has 6 heteroatoms. The molecule has 2 N–H and O–H groups in total. The molecule has 0 aliphatic heterocycles. The van der Waals surface area contributed by atoms with Crippen LogP contribution in [0.4, 0.5) is 0 Å². The van der Waals surface area contributed by atoms with Gasteiger partial charge >= 0.3 is 0 Å². The van der Waals surface area contributed by atoms with Crippen molar-refractivity contribution in [2.24, 2.45) is 5.73 Å². The van der Waals surface area contributed by atoms with Crippen LogP contribution < -0.4 is 10.5 Å². The summed E-state index contributed by atoms with van der Waals surface area (Å²) in [7, 11) is -3.34. The lowest BCUT2D eigenvalue weighted by atomic mass is 10.2. The van der Waals surface area contributed by atoms with Crippen molar-refractivity contribution in [1.29, 1.82) is 0 Å². The lowest BCUT2D eigenvalue weighted by Gasteiger charge is -2.08. The van der Waals surface area contributed by atoms with Gasteiger partial charge in [-0.3, -0.25) is 0 Å². The highest BCUT2D eigenvalue weighted by Gasteiger charge is 2.14. The summed E-state index contributed by atoms with van der Waals surface area (Å²) < 4.78 is 30.7. The van der Waals surface area contributed by atoms with E-state index in [9.17, 15) is 8.42 Å². The second kappa shape index (κ2) is 7.06. The molecule has 0 amide bonds. The van der Waals surface area contributed by atoms with Gasteiger partial charge in [-0.2, -0.15) is 0 Å². The van der Waals surface area contributed by atoms with Gasteiger partial charge in [-0.25, -0.2) is 8.42 Å². The van der Waals surface area contributed by atoms with Crippen LogP contribution in [0.25, 0.3) is 0 Å². The summed E-state index contributed by atoms with van der Waals surface area (Å²) in [6, 6.07) is 13.9. The third kappa shape index (κ3) is 4.56. The van der Waals surface area contributed by atoms with Crippen LogP contribution in [0.3, 0.4) is 0 Å². The number of hydrogen-bond donors (Lipinski definition) is 1. The molecule has 0 fully saturated rings. The maximum atomic E-state index is 12.2. The molecule has 0 saturated heterocycles. The highest BCUT2D eigenvalue weighted by atomic mass is 79.9. The third-order valence-corrected chi connectivity index (χ3v) is 5.18. The van der Waals surface area contributed by atoms with E-state index >= 15 is 0 Å². The van der Waals surface area contributed by atoms with E-state index in [2.05, 4.69) is 15.9 Å². The molecular weight excluding hydrogens is 354 g/mol. The zero-order valence-electron chi connectivity index (χ0n) is 11.3. The van der Waals surface area contributed by atoms with Crippen LogP contribution in [0, 0.1) is 0 Å². The molecule has 2 rings (SSSR count). The fourth-order valence-corrected chi connectivity index (χ4v) is 3.10. The average Bonchev–Trinajstić information content (AvgIpc) is 2.49. The molecule has 0 atom stereocenters. The smallest absolute Gasteiger partial charge is 0.181 e. The summed E-state index contributed by atoms with van der Waals surface area (Å²) >= 11 is 3.33. The summed E-state index contributed by atoms with van der Waals surface area (Å²) in [5, 5.41) is 0. The molecule has 0 aliphatic carbocycles. The van der Waals surface area contributed by atoms with Crippen molar-refractivity contribution >= 4 is 25.8 Å². The molecule has 2 aromatic rings. The number of sulfone groups is 1. The van der Waals surface area contributed by atoms with Crippen LogP contribution >= 0.6 is 15.9 Å². The Morgan fingerprint density at radius 2 is 1.62 bits per heavy atom. The Morgan fingerprint density at radius 3 is 2.19 bits per heavy atom. The van der Waals surface area contributed by atoms with Gasteiger partial charge in [0.1, 0.15) is 12.4 Å². The molecule has 0 heterocycles. The van der Waals surface area contributed by atoms with Crippen LogP contribution in [0.15, 0.2) is 57.9 Å². The molecule has 21 heavy (non-hydrogen) atoms. The molecular formula is C15H16BrNO3S. The summed E-state index contributed by atoms with van der Waals surface area (Å²) in [5.41, 5.74) is 6.39. The minimum atomic E-state index is -3.34. The lowest BCUT2D eigenvalue weighted by molar-refractivity contribution is 0.341. The first-order valence-electron chi connectivity index (χ1n) is 6.41. The van der Waals surface area contributed by atoms with Gasteiger partial charge in [-0.1, -0.05) is 28.1 Å². The number of nitrogens with two attached hydrogens (primary N) is 1. The number of benzene rings is 2. The largest absolute Gasteiger partial charge is 0.493 e. The molecule has 0 aliphatic rings. The van der Waals surface area contributed by atoms with Gasteiger partial charge in [-0.15, -0.1) is 0 Å².